The van der Waals surface area contributed by atoms with E-state index in [0.29, 0.717) is 17.2 Å². The van der Waals surface area contributed by atoms with Crippen LogP contribution < -0.4 is 15.4 Å². The lowest BCUT2D eigenvalue weighted by Crippen LogP contribution is -2.32. The van der Waals surface area contributed by atoms with Gasteiger partial charge in [0.05, 0.1) is 6.04 Å². The number of benzene rings is 1. The first kappa shape index (κ1) is 17.4. The zero-order valence-electron chi connectivity index (χ0n) is 14.4. The third-order valence-electron chi connectivity index (χ3n) is 3.80. The Morgan fingerprint density at radius 1 is 1.00 bits per heavy atom. The molecule has 0 aliphatic rings. The van der Waals surface area contributed by atoms with Crippen LogP contribution in [0.5, 0.6) is 11.5 Å². The first-order chi connectivity index (χ1) is 12.7. The number of nitrogens with zero attached hydrogens (tertiary/aromatic N) is 2. The van der Waals surface area contributed by atoms with Gasteiger partial charge in [-0.05, 0) is 48.4 Å². The van der Waals surface area contributed by atoms with Crippen LogP contribution in [0.1, 0.15) is 24.9 Å². The van der Waals surface area contributed by atoms with Crippen molar-refractivity contribution in [2.75, 3.05) is 5.32 Å². The fourth-order valence-corrected chi connectivity index (χ4v) is 2.52. The standard InChI is InChI=1S/C20H20N4O2/c1-2-19(15-6-10-21-11-7-15)24-20(25)23-16-4-3-5-18(14-16)26-17-8-12-22-13-9-17/h3-14,19H,2H2,1H3,(H2,23,24,25). The van der Waals surface area contributed by atoms with Gasteiger partial charge in [-0.1, -0.05) is 13.0 Å². The molecule has 26 heavy (non-hydrogen) atoms. The first-order valence-electron chi connectivity index (χ1n) is 8.40. The molecule has 1 atom stereocenters. The SMILES string of the molecule is CCC(NC(=O)Nc1cccc(Oc2ccncc2)c1)c1ccncc1. The summed E-state index contributed by atoms with van der Waals surface area (Å²) in [5.41, 5.74) is 1.67. The molecule has 0 bridgehead atoms. The van der Waals surface area contributed by atoms with E-state index >= 15 is 0 Å². The van der Waals surface area contributed by atoms with Gasteiger partial charge in [-0.2, -0.15) is 0 Å². The zero-order valence-corrected chi connectivity index (χ0v) is 14.4. The Bertz CT molecular complexity index is 841. The first-order valence-corrected chi connectivity index (χ1v) is 8.40. The fraction of sp³-hybridized carbons (Fsp3) is 0.150. The van der Waals surface area contributed by atoms with Crippen molar-refractivity contribution in [2.24, 2.45) is 0 Å². The van der Waals surface area contributed by atoms with Gasteiger partial charge < -0.3 is 15.4 Å². The molecule has 0 spiro atoms. The van der Waals surface area contributed by atoms with E-state index in [2.05, 4.69) is 20.6 Å². The van der Waals surface area contributed by atoms with Crippen molar-refractivity contribution in [2.45, 2.75) is 19.4 Å². The van der Waals surface area contributed by atoms with Gasteiger partial charge in [0.25, 0.3) is 0 Å². The van der Waals surface area contributed by atoms with Crippen LogP contribution >= 0.6 is 0 Å². The number of rotatable bonds is 6. The summed E-state index contributed by atoms with van der Waals surface area (Å²) in [4.78, 5) is 20.3. The summed E-state index contributed by atoms with van der Waals surface area (Å²) in [6, 6.07) is 14.2. The quantitative estimate of drug-likeness (QED) is 0.685. The van der Waals surface area contributed by atoms with E-state index in [1.165, 1.54) is 0 Å². The lowest BCUT2D eigenvalue weighted by molar-refractivity contribution is 0.248. The van der Waals surface area contributed by atoms with Gasteiger partial charge in [0, 0.05) is 36.5 Å². The highest BCUT2D eigenvalue weighted by Gasteiger charge is 2.12. The molecule has 2 N–H and O–H groups in total. The average Bonchev–Trinajstić information content (AvgIpc) is 2.68. The number of hydrogen-bond donors (Lipinski definition) is 2. The lowest BCUT2D eigenvalue weighted by Gasteiger charge is -2.18. The molecule has 3 aromatic rings. The Morgan fingerprint density at radius 3 is 2.38 bits per heavy atom. The summed E-state index contributed by atoms with van der Waals surface area (Å²) in [5.74, 6) is 1.32. The Morgan fingerprint density at radius 2 is 1.69 bits per heavy atom. The molecule has 0 aliphatic carbocycles. The summed E-state index contributed by atoms with van der Waals surface area (Å²) in [7, 11) is 0. The molecule has 0 radical (unpaired) electrons. The number of hydrogen-bond acceptors (Lipinski definition) is 4. The monoisotopic (exact) mass is 348 g/mol. The van der Waals surface area contributed by atoms with Crippen LogP contribution in [0.4, 0.5) is 10.5 Å². The van der Waals surface area contributed by atoms with E-state index in [1.807, 2.05) is 37.3 Å². The number of carbonyl (C=O) groups is 1. The number of aromatic nitrogens is 2. The minimum atomic E-state index is -0.269. The molecule has 6 nitrogen and oxygen atoms in total. The minimum absolute atomic E-state index is 0.0748. The van der Waals surface area contributed by atoms with E-state index < -0.39 is 0 Å². The molecular weight excluding hydrogens is 328 g/mol. The van der Waals surface area contributed by atoms with Gasteiger partial charge in [-0.3, -0.25) is 9.97 Å². The van der Waals surface area contributed by atoms with Crippen molar-refractivity contribution in [1.29, 1.82) is 0 Å². The van der Waals surface area contributed by atoms with Gasteiger partial charge in [0.2, 0.25) is 0 Å². The van der Waals surface area contributed by atoms with Crippen molar-refractivity contribution in [3.63, 3.8) is 0 Å². The van der Waals surface area contributed by atoms with Crippen molar-refractivity contribution >= 4 is 11.7 Å². The second kappa shape index (κ2) is 8.62. The normalized spacial score (nSPS) is 11.4. The van der Waals surface area contributed by atoms with Gasteiger partial charge in [-0.25, -0.2) is 4.79 Å². The summed E-state index contributed by atoms with van der Waals surface area (Å²) >= 11 is 0. The highest BCUT2D eigenvalue weighted by Crippen LogP contribution is 2.23. The molecule has 0 saturated heterocycles. The number of anilines is 1. The van der Waals surface area contributed by atoms with Crippen LogP contribution in [0.25, 0.3) is 0 Å². The third kappa shape index (κ3) is 4.80. The maximum absolute atomic E-state index is 12.3. The number of carbonyl (C=O) groups excluding carboxylic acids is 1. The van der Waals surface area contributed by atoms with Crippen LogP contribution in [0.2, 0.25) is 0 Å². The maximum atomic E-state index is 12.3. The van der Waals surface area contributed by atoms with Gasteiger partial charge >= 0.3 is 6.03 Å². The Balaban J connectivity index is 1.63. The van der Waals surface area contributed by atoms with Crippen molar-refractivity contribution in [3.05, 3.63) is 78.9 Å². The predicted octanol–water partition coefficient (Wildman–Crippen LogP) is 4.54. The van der Waals surface area contributed by atoms with E-state index in [-0.39, 0.29) is 12.1 Å². The van der Waals surface area contributed by atoms with Crippen LogP contribution in [0, 0.1) is 0 Å². The second-order valence-electron chi connectivity index (χ2n) is 5.65. The minimum Gasteiger partial charge on any atom is -0.457 e. The second-order valence-corrected chi connectivity index (χ2v) is 5.65. The molecule has 2 amide bonds. The van der Waals surface area contributed by atoms with Gasteiger partial charge in [0.1, 0.15) is 11.5 Å². The van der Waals surface area contributed by atoms with E-state index in [9.17, 15) is 4.79 Å². The Labute approximate surface area is 152 Å². The van der Waals surface area contributed by atoms with Crippen LogP contribution in [0.3, 0.4) is 0 Å². The van der Waals surface area contributed by atoms with E-state index in [4.69, 9.17) is 4.74 Å². The predicted molar refractivity (Wildman–Crippen MR) is 100 cm³/mol. The molecule has 3 rings (SSSR count). The highest BCUT2D eigenvalue weighted by molar-refractivity contribution is 5.89. The molecule has 0 aliphatic heterocycles. The number of pyridine rings is 2. The highest BCUT2D eigenvalue weighted by atomic mass is 16.5. The topological polar surface area (TPSA) is 76.1 Å². The molecule has 0 saturated carbocycles. The van der Waals surface area contributed by atoms with Crippen molar-refractivity contribution in [3.8, 4) is 11.5 Å². The van der Waals surface area contributed by atoms with Crippen LogP contribution in [-0.4, -0.2) is 16.0 Å². The smallest absolute Gasteiger partial charge is 0.319 e. The Hall–Kier alpha value is -3.41. The number of amides is 2. The van der Waals surface area contributed by atoms with Gasteiger partial charge in [-0.15, -0.1) is 0 Å². The number of nitrogens with one attached hydrogen (secondary N) is 2. The maximum Gasteiger partial charge on any atom is 0.319 e. The largest absolute Gasteiger partial charge is 0.457 e. The van der Waals surface area contributed by atoms with Crippen LogP contribution in [0.15, 0.2) is 73.3 Å². The number of urea groups is 1. The summed E-state index contributed by atoms with van der Waals surface area (Å²) in [5, 5.41) is 5.82. The molecule has 1 aromatic carbocycles. The number of ether oxygens (including phenoxy) is 1. The lowest BCUT2D eigenvalue weighted by atomic mass is 10.1. The Kier molecular flexibility index (Phi) is 5.77. The van der Waals surface area contributed by atoms with Crippen LogP contribution in [-0.2, 0) is 0 Å². The van der Waals surface area contributed by atoms with Crippen molar-refractivity contribution < 1.29 is 9.53 Å². The third-order valence-corrected chi connectivity index (χ3v) is 3.80. The molecule has 1 unspecified atom stereocenters. The van der Waals surface area contributed by atoms with Gasteiger partial charge in [0.15, 0.2) is 0 Å². The molecule has 0 fully saturated rings. The van der Waals surface area contributed by atoms with E-state index in [0.717, 1.165) is 12.0 Å². The average molecular weight is 348 g/mol. The summed E-state index contributed by atoms with van der Waals surface area (Å²) < 4.78 is 5.75. The van der Waals surface area contributed by atoms with E-state index in [1.54, 1.807) is 43.0 Å². The molecule has 132 valence electrons. The summed E-state index contributed by atoms with van der Waals surface area (Å²) in [6.07, 6.45) is 7.54. The zero-order chi connectivity index (χ0) is 18.2. The molecule has 2 heterocycles. The molecular formula is C20H20N4O2. The summed E-state index contributed by atoms with van der Waals surface area (Å²) in [6.45, 7) is 2.02. The molecule has 6 heteroatoms. The fourth-order valence-electron chi connectivity index (χ4n) is 2.52. The van der Waals surface area contributed by atoms with Crippen molar-refractivity contribution in [1.82, 2.24) is 15.3 Å². The molecule has 2 aromatic heterocycles.